The number of hydrogen-bond donors (Lipinski definition) is 2. The van der Waals surface area contributed by atoms with E-state index in [-0.39, 0.29) is 65.0 Å². The zero-order valence-corrected chi connectivity index (χ0v) is 30.1. The SMILES string of the molecule is CC(C)(C)OC(=O)Nc1sc2c(F)ccc(-c3c(Cl)cc4c(N5CCC6(CCCN(C(=O)OC(C)(C)C)C6)C5)nc(=O)[nH]c4c3F)c2c1C#N. The molecule has 0 saturated carbocycles. The van der Waals surface area contributed by atoms with Crippen LogP contribution in [0.1, 0.15) is 66.4 Å². The third kappa shape index (κ3) is 6.81. The summed E-state index contributed by atoms with van der Waals surface area (Å²) in [6, 6.07) is 5.94. The van der Waals surface area contributed by atoms with Gasteiger partial charge in [-0.3, -0.25) is 5.32 Å². The number of carbonyl (C=O) groups excluding carboxylic acids is 2. The molecule has 11 nitrogen and oxygen atoms in total. The summed E-state index contributed by atoms with van der Waals surface area (Å²) >= 11 is 7.62. The molecule has 1 unspecified atom stereocenters. The normalized spacial score (nSPS) is 18.2. The molecule has 4 aromatic rings. The lowest BCUT2D eigenvalue weighted by molar-refractivity contribution is 0.00711. The number of benzene rings is 2. The molecule has 1 atom stereocenters. The number of aromatic nitrogens is 2. The van der Waals surface area contributed by atoms with Crippen molar-refractivity contribution >= 4 is 66.9 Å². The maximum atomic E-state index is 16.7. The number of halogens is 3. The van der Waals surface area contributed by atoms with Crippen molar-refractivity contribution in [3.8, 4) is 17.2 Å². The van der Waals surface area contributed by atoms with E-state index in [2.05, 4.69) is 15.3 Å². The number of nitrogens with zero attached hydrogens (tertiary/aromatic N) is 4. The van der Waals surface area contributed by atoms with Gasteiger partial charge in [-0.25, -0.2) is 23.2 Å². The number of hydrogen-bond acceptors (Lipinski definition) is 9. The summed E-state index contributed by atoms with van der Waals surface area (Å²) in [5, 5.41) is 12.9. The number of nitriles is 1. The van der Waals surface area contributed by atoms with Gasteiger partial charge in [0.1, 0.15) is 33.9 Å². The summed E-state index contributed by atoms with van der Waals surface area (Å²) in [7, 11) is 0. The zero-order chi connectivity index (χ0) is 36.3. The molecule has 0 radical (unpaired) electrons. The lowest BCUT2D eigenvalue weighted by Crippen LogP contribution is -2.48. The monoisotopic (exact) mass is 726 g/mol. The lowest BCUT2D eigenvalue weighted by Gasteiger charge is -2.40. The molecular formula is C35H37ClF2N6O5S. The number of nitrogens with one attached hydrogen (secondary N) is 2. The second-order valence-corrected chi connectivity index (χ2v) is 16.3. The third-order valence-electron chi connectivity index (χ3n) is 8.74. The minimum atomic E-state index is -0.888. The molecule has 4 heterocycles. The van der Waals surface area contributed by atoms with Crippen LogP contribution in [0.5, 0.6) is 0 Å². The van der Waals surface area contributed by atoms with Crippen LogP contribution in [0.15, 0.2) is 23.0 Å². The van der Waals surface area contributed by atoms with Crippen molar-refractivity contribution in [2.24, 2.45) is 5.41 Å². The fourth-order valence-corrected chi connectivity index (χ4v) is 8.17. The fraction of sp³-hybridized carbons (Fsp3) is 0.457. The molecule has 6 rings (SSSR count). The van der Waals surface area contributed by atoms with Crippen LogP contribution in [0, 0.1) is 28.4 Å². The van der Waals surface area contributed by atoms with Crippen LogP contribution in [0.3, 0.4) is 0 Å². The minimum absolute atomic E-state index is 0.000134. The average Bonchev–Trinajstić information content (AvgIpc) is 3.58. The molecule has 2 aliphatic rings. The van der Waals surface area contributed by atoms with Crippen molar-refractivity contribution in [2.75, 3.05) is 36.4 Å². The highest BCUT2D eigenvalue weighted by molar-refractivity contribution is 7.23. The van der Waals surface area contributed by atoms with Gasteiger partial charge in [-0.05, 0) is 78.5 Å². The van der Waals surface area contributed by atoms with Crippen molar-refractivity contribution in [3.05, 3.63) is 50.9 Å². The number of thiophene rings is 1. The van der Waals surface area contributed by atoms with E-state index in [1.165, 1.54) is 12.1 Å². The number of aromatic amines is 1. The van der Waals surface area contributed by atoms with E-state index in [4.69, 9.17) is 21.1 Å². The van der Waals surface area contributed by atoms with E-state index in [0.29, 0.717) is 26.2 Å². The van der Waals surface area contributed by atoms with Gasteiger partial charge in [0.25, 0.3) is 0 Å². The predicted molar refractivity (Wildman–Crippen MR) is 189 cm³/mol. The maximum absolute atomic E-state index is 16.7. The van der Waals surface area contributed by atoms with Crippen LogP contribution in [0.4, 0.5) is 29.2 Å². The van der Waals surface area contributed by atoms with E-state index in [1.54, 1.807) is 25.7 Å². The summed E-state index contributed by atoms with van der Waals surface area (Å²) in [6.45, 7) is 12.5. The Morgan fingerprint density at radius 2 is 1.82 bits per heavy atom. The van der Waals surface area contributed by atoms with Crippen molar-refractivity contribution < 1.29 is 27.8 Å². The van der Waals surface area contributed by atoms with Crippen LogP contribution < -0.4 is 15.9 Å². The molecule has 2 aromatic heterocycles. The van der Waals surface area contributed by atoms with Gasteiger partial charge in [-0.15, -0.1) is 11.3 Å². The predicted octanol–water partition coefficient (Wildman–Crippen LogP) is 8.18. The first-order chi connectivity index (χ1) is 23.4. The number of H-pyrrole nitrogens is 1. The van der Waals surface area contributed by atoms with Gasteiger partial charge in [0.2, 0.25) is 0 Å². The molecule has 2 amide bonds. The number of anilines is 2. The number of rotatable bonds is 3. The first-order valence-electron chi connectivity index (χ1n) is 16.2. The smallest absolute Gasteiger partial charge is 0.412 e. The maximum Gasteiger partial charge on any atom is 0.412 e. The van der Waals surface area contributed by atoms with Crippen molar-refractivity contribution in [3.63, 3.8) is 0 Å². The van der Waals surface area contributed by atoms with E-state index < -0.39 is 34.6 Å². The van der Waals surface area contributed by atoms with E-state index in [0.717, 1.165) is 36.7 Å². The van der Waals surface area contributed by atoms with E-state index in [9.17, 15) is 19.6 Å². The van der Waals surface area contributed by atoms with Gasteiger partial charge in [0.15, 0.2) is 5.82 Å². The molecule has 15 heteroatoms. The number of ether oxygens (including phenoxy) is 2. The number of fused-ring (bicyclic) bond motifs is 2. The molecule has 2 saturated heterocycles. The average molecular weight is 727 g/mol. The van der Waals surface area contributed by atoms with Gasteiger partial charge >= 0.3 is 17.9 Å². The summed E-state index contributed by atoms with van der Waals surface area (Å²) in [4.78, 5) is 48.8. The summed E-state index contributed by atoms with van der Waals surface area (Å²) in [6.07, 6.45) is 1.15. The quantitative estimate of drug-likeness (QED) is 0.215. The Morgan fingerprint density at radius 3 is 2.50 bits per heavy atom. The molecule has 2 fully saturated rings. The number of carbonyl (C=O) groups is 2. The van der Waals surface area contributed by atoms with Crippen LogP contribution >= 0.6 is 22.9 Å². The third-order valence-corrected chi connectivity index (χ3v) is 10.1. The van der Waals surface area contributed by atoms with Crippen molar-refractivity contribution in [1.29, 1.82) is 5.26 Å². The van der Waals surface area contributed by atoms with Gasteiger partial charge in [0, 0.05) is 47.9 Å². The van der Waals surface area contributed by atoms with E-state index >= 15 is 8.78 Å². The van der Waals surface area contributed by atoms with Gasteiger partial charge in [-0.2, -0.15) is 10.2 Å². The standard InChI is InChI=1S/C35H37ClF2N6O5S/c1-33(2,3)48-31(46)42-29-20(15-39)23-18(8-9-22(37)27(23)50-29)24-21(36)14-19-26(25(24)38)40-30(45)41-28(19)43-13-11-35(16-43)10-7-12-44(17-35)32(47)49-34(4,5)6/h8-9,14H,7,10-13,16-17H2,1-6H3,(H,42,46)(H,40,41,45). The summed E-state index contributed by atoms with van der Waals surface area (Å²) in [5.74, 6) is -1.32. The van der Waals surface area contributed by atoms with Crippen LogP contribution in [0.25, 0.3) is 32.1 Å². The molecule has 2 aliphatic heterocycles. The Bertz CT molecular complexity index is 2150. The molecule has 50 heavy (non-hydrogen) atoms. The highest BCUT2D eigenvalue weighted by Crippen LogP contribution is 2.47. The topological polar surface area (TPSA) is 141 Å². The molecule has 0 aliphatic carbocycles. The lowest BCUT2D eigenvalue weighted by atomic mass is 9.79. The first kappa shape index (κ1) is 35.3. The Morgan fingerprint density at radius 1 is 1.10 bits per heavy atom. The Kier molecular flexibility index (Phi) is 8.97. The highest BCUT2D eigenvalue weighted by Gasteiger charge is 2.44. The minimum Gasteiger partial charge on any atom is -0.444 e. The fourth-order valence-electron chi connectivity index (χ4n) is 6.81. The molecule has 2 aromatic carbocycles. The van der Waals surface area contributed by atoms with Crippen LogP contribution in [-0.2, 0) is 9.47 Å². The van der Waals surface area contributed by atoms with E-state index in [1.807, 2.05) is 31.7 Å². The second-order valence-electron chi connectivity index (χ2n) is 14.9. The number of likely N-dealkylation sites (tertiary alicyclic amines) is 1. The van der Waals surface area contributed by atoms with Crippen LogP contribution in [-0.4, -0.2) is 64.4 Å². The molecule has 1 spiro atoms. The van der Waals surface area contributed by atoms with Gasteiger partial charge in [-0.1, -0.05) is 17.7 Å². The van der Waals surface area contributed by atoms with Crippen LogP contribution in [0.2, 0.25) is 5.02 Å². The summed E-state index contributed by atoms with van der Waals surface area (Å²) in [5.41, 5.74) is -2.82. The van der Waals surface area contributed by atoms with Gasteiger partial charge in [0.05, 0.1) is 20.8 Å². The number of amides is 2. The molecule has 264 valence electrons. The first-order valence-corrected chi connectivity index (χ1v) is 17.4. The largest absolute Gasteiger partial charge is 0.444 e. The Labute approximate surface area is 296 Å². The molecule has 2 N–H and O–H groups in total. The highest BCUT2D eigenvalue weighted by atomic mass is 35.5. The Hall–Kier alpha value is -4.48. The molecule has 0 bridgehead atoms. The summed E-state index contributed by atoms with van der Waals surface area (Å²) < 4.78 is 42.8. The zero-order valence-electron chi connectivity index (χ0n) is 28.6. The molecular weight excluding hydrogens is 690 g/mol. The van der Waals surface area contributed by atoms with Crippen molar-refractivity contribution in [1.82, 2.24) is 14.9 Å². The second kappa shape index (κ2) is 12.7. The Balaban J connectivity index is 1.39. The van der Waals surface area contributed by atoms with Gasteiger partial charge < -0.3 is 24.3 Å². The van der Waals surface area contributed by atoms with Crippen molar-refractivity contribution in [2.45, 2.75) is 72.0 Å². The number of piperidine rings is 1.